The standard InChI is InChI=1S/C10H9NO4S/c1-16-10-11-7-5(8(12)9(13)14)3-2-4-6(7)15-10/h2-4,8,12H,1H3,(H,13,14). The number of aliphatic hydroxyl groups excluding tert-OH is 1. The monoisotopic (exact) mass is 239 g/mol. The molecule has 6 heteroatoms. The molecule has 0 spiro atoms. The molecule has 1 heterocycles. The maximum atomic E-state index is 10.7. The quantitative estimate of drug-likeness (QED) is 0.792. The van der Waals surface area contributed by atoms with Crippen molar-refractivity contribution in [3.8, 4) is 0 Å². The van der Waals surface area contributed by atoms with Gasteiger partial charge in [-0.15, -0.1) is 0 Å². The van der Waals surface area contributed by atoms with Crippen LogP contribution in [0.15, 0.2) is 27.8 Å². The normalized spacial score (nSPS) is 12.9. The summed E-state index contributed by atoms with van der Waals surface area (Å²) < 4.78 is 5.34. The molecular weight excluding hydrogens is 230 g/mol. The van der Waals surface area contributed by atoms with Crippen LogP contribution >= 0.6 is 11.8 Å². The lowest BCUT2D eigenvalue weighted by atomic mass is 10.1. The summed E-state index contributed by atoms with van der Waals surface area (Å²) in [5.74, 6) is -1.30. The molecule has 2 aromatic rings. The number of oxazole rings is 1. The number of aliphatic hydroxyl groups is 1. The molecule has 0 saturated carbocycles. The fraction of sp³-hybridized carbons (Fsp3) is 0.200. The Hall–Kier alpha value is -1.53. The molecule has 1 unspecified atom stereocenters. The number of carboxylic acid groups (broad SMARTS) is 1. The van der Waals surface area contributed by atoms with E-state index in [2.05, 4.69) is 4.98 Å². The van der Waals surface area contributed by atoms with E-state index in [-0.39, 0.29) is 5.56 Å². The van der Waals surface area contributed by atoms with E-state index in [1.165, 1.54) is 17.8 Å². The lowest BCUT2D eigenvalue weighted by Gasteiger charge is -2.04. The summed E-state index contributed by atoms with van der Waals surface area (Å²) in [4.78, 5) is 14.8. The van der Waals surface area contributed by atoms with Crippen molar-refractivity contribution in [2.75, 3.05) is 6.26 Å². The second-order valence-corrected chi connectivity index (χ2v) is 3.88. The zero-order chi connectivity index (χ0) is 11.7. The number of fused-ring (bicyclic) bond motifs is 1. The van der Waals surface area contributed by atoms with Crippen molar-refractivity contribution < 1.29 is 19.4 Å². The molecular formula is C10H9NO4S. The van der Waals surface area contributed by atoms with E-state index >= 15 is 0 Å². The van der Waals surface area contributed by atoms with Crippen molar-refractivity contribution in [3.05, 3.63) is 23.8 Å². The first-order chi connectivity index (χ1) is 7.63. The maximum Gasteiger partial charge on any atom is 0.337 e. The molecule has 0 saturated heterocycles. The fourth-order valence-corrected chi connectivity index (χ4v) is 1.75. The van der Waals surface area contributed by atoms with Crippen molar-refractivity contribution in [3.63, 3.8) is 0 Å². The van der Waals surface area contributed by atoms with Gasteiger partial charge in [0.2, 0.25) is 0 Å². The number of carbonyl (C=O) groups is 1. The van der Waals surface area contributed by atoms with Crippen LogP contribution in [0.3, 0.4) is 0 Å². The highest BCUT2D eigenvalue weighted by Crippen LogP contribution is 2.27. The van der Waals surface area contributed by atoms with Crippen LogP contribution in [0.1, 0.15) is 11.7 Å². The minimum atomic E-state index is -1.58. The number of hydrogen-bond donors (Lipinski definition) is 2. The molecule has 16 heavy (non-hydrogen) atoms. The molecule has 2 N–H and O–H groups in total. The van der Waals surface area contributed by atoms with Crippen molar-refractivity contribution in [2.24, 2.45) is 0 Å². The van der Waals surface area contributed by atoms with Gasteiger partial charge in [-0.05, 0) is 12.3 Å². The summed E-state index contributed by atoms with van der Waals surface area (Å²) in [6.07, 6.45) is 0.223. The largest absolute Gasteiger partial charge is 0.479 e. The van der Waals surface area contributed by atoms with Gasteiger partial charge in [0.1, 0.15) is 5.52 Å². The van der Waals surface area contributed by atoms with E-state index in [0.29, 0.717) is 16.3 Å². The maximum absolute atomic E-state index is 10.7. The van der Waals surface area contributed by atoms with Crippen molar-refractivity contribution in [1.82, 2.24) is 4.98 Å². The van der Waals surface area contributed by atoms with Crippen LogP contribution in [0.25, 0.3) is 11.1 Å². The molecule has 5 nitrogen and oxygen atoms in total. The number of aliphatic carboxylic acids is 1. The molecule has 1 atom stereocenters. The molecule has 84 valence electrons. The highest BCUT2D eigenvalue weighted by atomic mass is 32.2. The summed E-state index contributed by atoms with van der Waals surface area (Å²) in [7, 11) is 0. The number of carboxylic acids is 1. The van der Waals surface area contributed by atoms with E-state index in [1.54, 1.807) is 18.4 Å². The molecule has 0 amide bonds. The number of para-hydroxylation sites is 1. The SMILES string of the molecule is CSc1nc2c(C(O)C(=O)O)cccc2o1. The third-order valence-electron chi connectivity index (χ3n) is 2.13. The van der Waals surface area contributed by atoms with Crippen LogP contribution in [0.2, 0.25) is 0 Å². The molecule has 2 rings (SSSR count). The molecule has 0 aliphatic heterocycles. The van der Waals surface area contributed by atoms with Crippen molar-refractivity contribution in [1.29, 1.82) is 0 Å². The van der Waals surface area contributed by atoms with E-state index in [0.717, 1.165) is 0 Å². The molecule has 1 aromatic carbocycles. The number of rotatable bonds is 3. The van der Waals surface area contributed by atoms with Crippen molar-refractivity contribution >= 4 is 28.8 Å². The summed E-state index contributed by atoms with van der Waals surface area (Å²) >= 11 is 1.32. The van der Waals surface area contributed by atoms with Gasteiger partial charge in [0.05, 0.1) is 0 Å². The highest BCUT2D eigenvalue weighted by molar-refractivity contribution is 7.98. The Morgan fingerprint density at radius 2 is 2.31 bits per heavy atom. The lowest BCUT2D eigenvalue weighted by molar-refractivity contribution is -0.146. The van der Waals surface area contributed by atoms with Crippen molar-refractivity contribution in [2.45, 2.75) is 11.3 Å². The Kier molecular flexibility index (Phi) is 2.84. The number of thioether (sulfide) groups is 1. The van der Waals surface area contributed by atoms with Gasteiger partial charge >= 0.3 is 5.97 Å². The Bertz CT molecular complexity index is 537. The fourth-order valence-electron chi connectivity index (χ4n) is 1.39. The first-order valence-electron chi connectivity index (χ1n) is 4.48. The second kappa shape index (κ2) is 4.15. The number of hydrogen-bond acceptors (Lipinski definition) is 5. The van der Waals surface area contributed by atoms with E-state index in [4.69, 9.17) is 9.52 Å². The van der Waals surface area contributed by atoms with Crippen LogP contribution in [0.5, 0.6) is 0 Å². The van der Waals surface area contributed by atoms with Crippen LogP contribution in [0, 0.1) is 0 Å². The van der Waals surface area contributed by atoms with Gasteiger partial charge in [0, 0.05) is 5.56 Å². The third-order valence-corrected chi connectivity index (χ3v) is 2.66. The van der Waals surface area contributed by atoms with Gasteiger partial charge in [0.15, 0.2) is 11.7 Å². The zero-order valence-corrected chi connectivity index (χ0v) is 9.19. The molecule has 0 fully saturated rings. The predicted octanol–water partition coefficient (Wildman–Crippen LogP) is 1.67. The molecule has 0 aliphatic rings. The topological polar surface area (TPSA) is 83.6 Å². The Morgan fingerprint density at radius 3 is 2.94 bits per heavy atom. The molecule has 1 aromatic heterocycles. The first-order valence-corrected chi connectivity index (χ1v) is 5.70. The number of nitrogens with zero attached hydrogens (tertiary/aromatic N) is 1. The number of benzene rings is 1. The van der Waals surface area contributed by atoms with Gasteiger partial charge in [-0.1, -0.05) is 23.9 Å². The minimum Gasteiger partial charge on any atom is -0.479 e. The minimum absolute atomic E-state index is 0.244. The zero-order valence-electron chi connectivity index (χ0n) is 8.38. The van der Waals surface area contributed by atoms with Crippen LogP contribution in [-0.2, 0) is 4.79 Å². The predicted molar refractivity (Wildman–Crippen MR) is 58.4 cm³/mol. The summed E-state index contributed by atoms with van der Waals surface area (Å²) in [5, 5.41) is 18.7. The summed E-state index contributed by atoms with van der Waals surface area (Å²) in [5.41, 5.74) is 1.11. The Morgan fingerprint density at radius 1 is 1.56 bits per heavy atom. The van der Waals surface area contributed by atoms with Crippen LogP contribution < -0.4 is 0 Å². The molecule has 0 aliphatic carbocycles. The van der Waals surface area contributed by atoms with Gasteiger partial charge in [-0.3, -0.25) is 0 Å². The summed E-state index contributed by atoms with van der Waals surface area (Å²) in [6.45, 7) is 0. The summed E-state index contributed by atoms with van der Waals surface area (Å²) in [6, 6.07) is 4.83. The second-order valence-electron chi connectivity index (χ2n) is 3.12. The van der Waals surface area contributed by atoms with E-state index in [9.17, 15) is 9.90 Å². The molecule has 0 radical (unpaired) electrons. The average molecular weight is 239 g/mol. The van der Waals surface area contributed by atoms with E-state index in [1.807, 2.05) is 0 Å². The van der Waals surface area contributed by atoms with Gasteiger partial charge in [-0.25, -0.2) is 9.78 Å². The average Bonchev–Trinajstić information content (AvgIpc) is 2.70. The lowest BCUT2D eigenvalue weighted by Crippen LogP contribution is -2.10. The molecule has 0 bridgehead atoms. The van der Waals surface area contributed by atoms with Gasteiger partial charge in [-0.2, -0.15) is 0 Å². The Labute approximate surface area is 95.1 Å². The smallest absolute Gasteiger partial charge is 0.337 e. The van der Waals surface area contributed by atoms with E-state index < -0.39 is 12.1 Å². The first kappa shape index (κ1) is 11.0. The van der Waals surface area contributed by atoms with Crippen LogP contribution in [0.4, 0.5) is 0 Å². The highest BCUT2D eigenvalue weighted by Gasteiger charge is 2.21. The number of aromatic nitrogens is 1. The van der Waals surface area contributed by atoms with Crippen LogP contribution in [-0.4, -0.2) is 27.4 Å². The van der Waals surface area contributed by atoms with Gasteiger partial charge < -0.3 is 14.6 Å². The van der Waals surface area contributed by atoms with Gasteiger partial charge in [0.25, 0.3) is 5.22 Å². The third kappa shape index (κ3) is 1.77. The Balaban J connectivity index is 2.60.